The van der Waals surface area contributed by atoms with Crippen molar-refractivity contribution in [2.75, 3.05) is 24.8 Å². The van der Waals surface area contributed by atoms with Crippen LogP contribution < -0.4 is 11.1 Å². The lowest BCUT2D eigenvalue weighted by Crippen LogP contribution is -2.30. The quantitative estimate of drug-likeness (QED) is 0.730. The van der Waals surface area contributed by atoms with Crippen molar-refractivity contribution in [3.8, 4) is 0 Å². The predicted molar refractivity (Wildman–Crippen MR) is 65.0 cm³/mol. The summed E-state index contributed by atoms with van der Waals surface area (Å²) >= 11 is 0. The fraction of sp³-hybridized carbons (Fsp3) is 0.500. The number of para-hydroxylation sites is 2. The highest BCUT2D eigenvalue weighted by Crippen LogP contribution is 2.19. The van der Waals surface area contributed by atoms with E-state index in [1.165, 1.54) is 0 Å². The van der Waals surface area contributed by atoms with E-state index in [1.807, 2.05) is 24.3 Å². The van der Waals surface area contributed by atoms with Gasteiger partial charge in [-0.2, -0.15) is 0 Å². The third kappa shape index (κ3) is 3.44. The molecule has 0 aliphatic rings. The van der Waals surface area contributed by atoms with Crippen LogP contribution in [0.3, 0.4) is 0 Å². The number of anilines is 2. The Hall–Kier alpha value is -1.22. The van der Waals surface area contributed by atoms with Gasteiger partial charge in [0.05, 0.1) is 24.0 Å². The maximum absolute atomic E-state index is 5.86. The Bertz CT molecular complexity index is 299. The molecule has 0 aliphatic heterocycles. The molecule has 0 heterocycles. The van der Waals surface area contributed by atoms with Gasteiger partial charge in [-0.05, 0) is 18.1 Å². The van der Waals surface area contributed by atoms with Crippen molar-refractivity contribution >= 4 is 11.4 Å². The van der Waals surface area contributed by atoms with Gasteiger partial charge < -0.3 is 15.8 Å². The molecule has 0 bridgehead atoms. The van der Waals surface area contributed by atoms with Gasteiger partial charge in [-0.15, -0.1) is 0 Å². The largest absolute Gasteiger partial charge is 0.397 e. The van der Waals surface area contributed by atoms with Crippen LogP contribution in [0, 0.1) is 5.92 Å². The number of methoxy groups -OCH3 is 1. The lowest BCUT2D eigenvalue weighted by atomic mass is 10.0. The Morgan fingerprint density at radius 2 is 2.00 bits per heavy atom. The van der Waals surface area contributed by atoms with Gasteiger partial charge >= 0.3 is 0 Å². The van der Waals surface area contributed by atoms with Crippen molar-refractivity contribution in [3.05, 3.63) is 24.3 Å². The zero-order valence-corrected chi connectivity index (χ0v) is 9.66. The summed E-state index contributed by atoms with van der Waals surface area (Å²) in [4.78, 5) is 0. The first-order valence-electron chi connectivity index (χ1n) is 5.25. The summed E-state index contributed by atoms with van der Waals surface area (Å²) in [5, 5.41) is 3.40. The Kier molecular flexibility index (Phi) is 4.43. The first kappa shape index (κ1) is 11.9. The number of benzene rings is 1. The van der Waals surface area contributed by atoms with E-state index in [9.17, 15) is 0 Å². The van der Waals surface area contributed by atoms with Crippen LogP contribution in [-0.2, 0) is 4.74 Å². The van der Waals surface area contributed by atoms with E-state index < -0.39 is 0 Å². The molecule has 1 rings (SSSR count). The van der Waals surface area contributed by atoms with E-state index in [0.29, 0.717) is 18.6 Å². The average molecular weight is 208 g/mol. The smallest absolute Gasteiger partial charge is 0.0666 e. The van der Waals surface area contributed by atoms with E-state index in [2.05, 4.69) is 19.2 Å². The minimum absolute atomic E-state index is 0.291. The molecule has 0 saturated carbocycles. The first-order valence-corrected chi connectivity index (χ1v) is 5.25. The highest BCUT2D eigenvalue weighted by molar-refractivity contribution is 5.66. The number of hydrogen-bond acceptors (Lipinski definition) is 3. The second-order valence-electron chi connectivity index (χ2n) is 4.04. The minimum Gasteiger partial charge on any atom is -0.397 e. The third-order valence-corrected chi connectivity index (χ3v) is 2.45. The predicted octanol–water partition coefficient (Wildman–Crippen LogP) is 2.35. The second-order valence-corrected chi connectivity index (χ2v) is 4.04. The molecule has 1 aromatic rings. The van der Waals surface area contributed by atoms with E-state index in [1.54, 1.807) is 7.11 Å². The summed E-state index contributed by atoms with van der Waals surface area (Å²) in [6.07, 6.45) is 0. The van der Waals surface area contributed by atoms with Crippen molar-refractivity contribution in [3.63, 3.8) is 0 Å². The monoisotopic (exact) mass is 208 g/mol. The van der Waals surface area contributed by atoms with Crippen LogP contribution in [0.25, 0.3) is 0 Å². The number of rotatable bonds is 5. The molecule has 0 aromatic heterocycles. The molecule has 1 unspecified atom stereocenters. The molecule has 0 fully saturated rings. The highest BCUT2D eigenvalue weighted by atomic mass is 16.5. The van der Waals surface area contributed by atoms with Gasteiger partial charge in [0.25, 0.3) is 0 Å². The summed E-state index contributed by atoms with van der Waals surface area (Å²) in [6, 6.07) is 8.08. The maximum Gasteiger partial charge on any atom is 0.0666 e. The summed E-state index contributed by atoms with van der Waals surface area (Å²) in [6.45, 7) is 5.01. The standard InChI is InChI=1S/C12H20N2O/c1-9(2)12(8-15-3)14-11-7-5-4-6-10(11)13/h4-7,9,12,14H,8,13H2,1-3H3. The van der Waals surface area contributed by atoms with Crippen molar-refractivity contribution in [1.82, 2.24) is 0 Å². The summed E-state index contributed by atoms with van der Waals surface area (Å²) < 4.78 is 5.17. The van der Waals surface area contributed by atoms with Gasteiger partial charge in [0.1, 0.15) is 0 Å². The van der Waals surface area contributed by atoms with Gasteiger partial charge in [-0.1, -0.05) is 26.0 Å². The van der Waals surface area contributed by atoms with Crippen LogP contribution in [0.1, 0.15) is 13.8 Å². The van der Waals surface area contributed by atoms with E-state index in [0.717, 1.165) is 11.4 Å². The van der Waals surface area contributed by atoms with Crippen LogP contribution in [0.5, 0.6) is 0 Å². The number of nitrogen functional groups attached to an aromatic ring is 1. The van der Waals surface area contributed by atoms with E-state index >= 15 is 0 Å². The molecule has 1 aromatic carbocycles. The molecule has 3 heteroatoms. The average Bonchev–Trinajstić information content (AvgIpc) is 2.20. The van der Waals surface area contributed by atoms with Crippen LogP contribution >= 0.6 is 0 Å². The topological polar surface area (TPSA) is 47.3 Å². The molecule has 0 saturated heterocycles. The molecule has 3 nitrogen and oxygen atoms in total. The summed E-state index contributed by atoms with van der Waals surface area (Å²) in [5.74, 6) is 0.504. The fourth-order valence-electron chi connectivity index (χ4n) is 1.41. The van der Waals surface area contributed by atoms with E-state index in [4.69, 9.17) is 10.5 Å². The zero-order valence-electron chi connectivity index (χ0n) is 9.66. The van der Waals surface area contributed by atoms with Crippen LogP contribution in [-0.4, -0.2) is 19.8 Å². The normalized spacial score (nSPS) is 12.8. The minimum atomic E-state index is 0.291. The van der Waals surface area contributed by atoms with Gasteiger partial charge in [-0.3, -0.25) is 0 Å². The summed E-state index contributed by atoms with van der Waals surface area (Å²) in [7, 11) is 1.71. The molecule has 0 amide bonds. The van der Waals surface area contributed by atoms with Crippen molar-refractivity contribution in [1.29, 1.82) is 0 Å². The molecule has 3 N–H and O–H groups in total. The number of ether oxygens (including phenoxy) is 1. The Balaban J connectivity index is 2.69. The molecular formula is C12H20N2O. The molecule has 1 atom stereocenters. The van der Waals surface area contributed by atoms with E-state index in [-0.39, 0.29) is 0 Å². The number of nitrogens with two attached hydrogens (primary N) is 1. The zero-order chi connectivity index (χ0) is 11.3. The van der Waals surface area contributed by atoms with Crippen LogP contribution in [0.4, 0.5) is 11.4 Å². The first-order chi connectivity index (χ1) is 7.15. The molecule has 0 radical (unpaired) electrons. The lowest BCUT2D eigenvalue weighted by Gasteiger charge is -2.23. The number of nitrogens with one attached hydrogen (secondary N) is 1. The maximum atomic E-state index is 5.86. The molecule has 0 spiro atoms. The Morgan fingerprint density at radius 3 is 2.53 bits per heavy atom. The molecule has 0 aliphatic carbocycles. The molecule has 15 heavy (non-hydrogen) atoms. The van der Waals surface area contributed by atoms with Crippen molar-refractivity contribution in [2.24, 2.45) is 5.92 Å². The van der Waals surface area contributed by atoms with Gasteiger partial charge in [-0.25, -0.2) is 0 Å². The van der Waals surface area contributed by atoms with Gasteiger partial charge in [0.2, 0.25) is 0 Å². The SMILES string of the molecule is COCC(Nc1ccccc1N)C(C)C. The fourth-order valence-corrected chi connectivity index (χ4v) is 1.41. The van der Waals surface area contributed by atoms with Crippen LogP contribution in [0.15, 0.2) is 24.3 Å². The lowest BCUT2D eigenvalue weighted by molar-refractivity contribution is 0.171. The number of hydrogen-bond donors (Lipinski definition) is 2. The van der Waals surface area contributed by atoms with Crippen molar-refractivity contribution in [2.45, 2.75) is 19.9 Å². The highest BCUT2D eigenvalue weighted by Gasteiger charge is 2.13. The van der Waals surface area contributed by atoms with Crippen molar-refractivity contribution < 1.29 is 4.74 Å². The third-order valence-electron chi connectivity index (χ3n) is 2.45. The second kappa shape index (κ2) is 5.61. The molecular weight excluding hydrogens is 188 g/mol. The van der Waals surface area contributed by atoms with Gasteiger partial charge in [0, 0.05) is 7.11 Å². The Labute approximate surface area is 91.6 Å². The van der Waals surface area contributed by atoms with Crippen LogP contribution in [0.2, 0.25) is 0 Å². The molecule has 84 valence electrons. The Morgan fingerprint density at radius 1 is 1.33 bits per heavy atom. The van der Waals surface area contributed by atoms with Gasteiger partial charge in [0.15, 0.2) is 0 Å². The summed E-state index contributed by atoms with van der Waals surface area (Å²) in [5.41, 5.74) is 7.62.